The number of amides is 2. The number of carbonyl (C=O) groups is 3. The quantitative estimate of drug-likeness (QED) is 0.379. The van der Waals surface area contributed by atoms with Crippen molar-refractivity contribution in [1.82, 2.24) is 4.90 Å². The van der Waals surface area contributed by atoms with Crippen molar-refractivity contribution in [1.29, 1.82) is 0 Å². The number of unbranched alkanes of at least 4 members (excludes halogenated alkanes) is 4. The van der Waals surface area contributed by atoms with Crippen molar-refractivity contribution in [2.45, 2.75) is 52.0 Å². The Kier molecular flexibility index (Phi) is 6.74. The lowest BCUT2D eigenvalue weighted by Gasteiger charge is -2.19. The van der Waals surface area contributed by atoms with Crippen LogP contribution >= 0.6 is 24.0 Å². The maximum Gasteiger partial charge on any atom is 0.326 e. The van der Waals surface area contributed by atoms with Crippen molar-refractivity contribution in [3.63, 3.8) is 0 Å². The maximum absolute atomic E-state index is 13.3. The van der Waals surface area contributed by atoms with Crippen molar-refractivity contribution in [3.05, 3.63) is 34.7 Å². The molecule has 0 aromatic heterocycles. The zero-order chi connectivity index (χ0) is 21.1. The van der Waals surface area contributed by atoms with E-state index in [1.165, 1.54) is 13.3 Å². The minimum atomic E-state index is -1.14. The normalized spacial score (nSPS) is 19.9. The van der Waals surface area contributed by atoms with E-state index >= 15 is 0 Å². The van der Waals surface area contributed by atoms with Crippen molar-refractivity contribution in [2.24, 2.45) is 0 Å². The van der Waals surface area contributed by atoms with E-state index in [1.807, 2.05) is 24.3 Å². The van der Waals surface area contributed by atoms with Gasteiger partial charge < -0.3 is 10.0 Å². The van der Waals surface area contributed by atoms with Crippen LogP contribution in [-0.2, 0) is 14.4 Å². The molecule has 1 aromatic rings. The van der Waals surface area contributed by atoms with E-state index in [2.05, 4.69) is 6.92 Å². The SMILES string of the molecule is CCCCCCCN1C(=O)/C(=C2\SC(=S)N(C(C)C(=O)O)C2=O)c2ccccc21. The van der Waals surface area contributed by atoms with Crippen LogP contribution in [0.1, 0.15) is 51.5 Å². The highest BCUT2D eigenvalue weighted by molar-refractivity contribution is 8.26. The molecule has 0 aliphatic carbocycles. The van der Waals surface area contributed by atoms with E-state index in [1.54, 1.807) is 4.90 Å². The highest BCUT2D eigenvalue weighted by atomic mass is 32.2. The summed E-state index contributed by atoms with van der Waals surface area (Å²) in [6, 6.07) is 6.33. The predicted octanol–water partition coefficient (Wildman–Crippen LogP) is 4.05. The number of carbonyl (C=O) groups excluding carboxylic acids is 2. The van der Waals surface area contributed by atoms with E-state index < -0.39 is 17.9 Å². The molecule has 1 N–H and O–H groups in total. The molecule has 2 heterocycles. The molecule has 1 unspecified atom stereocenters. The van der Waals surface area contributed by atoms with Gasteiger partial charge in [-0.05, 0) is 19.4 Å². The molecular weight excluding hydrogens is 408 g/mol. The van der Waals surface area contributed by atoms with Crippen LogP contribution in [0.5, 0.6) is 0 Å². The fourth-order valence-corrected chi connectivity index (χ4v) is 5.06. The summed E-state index contributed by atoms with van der Waals surface area (Å²) in [6.45, 7) is 4.16. The number of hydrogen-bond donors (Lipinski definition) is 1. The Labute approximate surface area is 179 Å². The van der Waals surface area contributed by atoms with E-state index in [0.29, 0.717) is 17.7 Å². The summed E-state index contributed by atoms with van der Waals surface area (Å²) in [5, 5.41) is 9.29. The summed E-state index contributed by atoms with van der Waals surface area (Å²) in [5.41, 5.74) is 1.82. The number of para-hydroxylation sites is 1. The van der Waals surface area contributed by atoms with Gasteiger partial charge in [0.15, 0.2) is 0 Å². The number of fused-ring (bicyclic) bond motifs is 1. The third kappa shape index (κ3) is 4.09. The summed E-state index contributed by atoms with van der Waals surface area (Å²) >= 11 is 6.25. The first-order chi connectivity index (χ1) is 13.9. The van der Waals surface area contributed by atoms with Gasteiger partial charge in [-0.1, -0.05) is 74.8 Å². The molecular formula is C21H24N2O4S2. The Bertz CT molecular complexity index is 896. The third-order valence-corrected chi connectivity index (χ3v) is 6.58. The molecule has 1 atom stereocenters. The van der Waals surface area contributed by atoms with Gasteiger partial charge in [-0.15, -0.1) is 0 Å². The number of aliphatic carboxylic acids is 1. The molecule has 154 valence electrons. The molecule has 29 heavy (non-hydrogen) atoms. The van der Waals surface area contributed by atoms with E-state index in [9.17, 15) is 19.5 Å². The number of carboxylic acid groups (broad SMARTS) is 1. The molecule has 0 bridgehead atoms. The molecule has 0 spiro atoms. The van der Waals surface area contributed by atoms with Crippen LogP contribution in [0, 0.1) is 0 Å². The van der Waals surface area contributed by atoms with Gasteiger partial charge in [0.05, 0.1) is 16.2 Å². The van der Waals surface area contributed by atoms with Crippen molar-refractivity contribution < 1.29 is 19.5 Å². The molecule has 1 aromatic carbocycles. The first-order valence-corrected chi connectivity index (χ1v) is 11.0. The van der Waals surface area contributed by atoms with Crippen molar-refractivity contribution >= 4 is 57.3 Å². The van der Waals surface area contributed by atoms with Crippen molar-refractivity contribution in [3.8, 4) is 0 Å². The number of rotatable bonds is 8. The Morgan fingerprint density at radius 3 is 2.52 bits per heavy atom. The van der Waals surface area contributed by atoms with Gasteiger partial charge in [0.1, 0.15) is 10.4 Å². The zero-order valence-electron chi connectivity index (χ0n) is 16.5. The summed E-state index contributed by atoms with van der Waals surface area (Å²) in [7, 11) is 0. The number of carboxylic acids is 1. The minimum absolute atomic E-state index is 0.163. The van der Waals surface area contributed by atoms with Crippen LogP contribution in [-0.4, -0.2) is 44.7 Å². The third-order valence-electron chi connectivity index (χ3n) is 5.18. The summed E-state index contributed by atoms with van der Waals surface area (Å²) < 4.78 is 0.163. The molecule has 3 rings (SSSR count). The Morgan fingerprint density at radius 1 is 1.14 bits per heavy atom. The molecule has 6 nitrogen and oxygen atoms in total. The van der Waals surface area contributed by atoms with Gasteiger partial charge in [-0.25, -0.2) is 4.79 Å². The van der Waals surface area contributed by atoms with Crippen LogP contribution < -0.4 is 4.90 Å². The average molecular weight is 433 g/mol. The van der Waals surface area contributed by atoms with Crippen LogP contribution in [0.3, 0.4) is 0 Å². The fourth-order valence-electron chi connectivity index (χ4n) is 3.57. The molecule has 2 amide bonds. The lowest BCUT2D eigenvalue weighted by Crippen LogP contribution is -2.41. The van der Waals surface area contributed by atoms with Crippen LogP contribution in [0.4, 0.5) is 5.69 Å². The van der Waals surface area contributed by atoms with Crippen LogP contribution in [0.2, 0.25) is 0 Å². The molecule has 8 heteroatoms. The zero-order valence-corrected chi connectivity index (χ0v) is 18.1. The number of anilines is 1. The van der Waals surface area contributed by atoms with Gasteiger partial charge in [0.2, 0.25) is 0 Å². The second kappa shape index (κ2) is 9.09. The van der Waals surface area contributed by atoms with E-state index in [-0.39, 0.29) is 15.1 Å². The molecule has 0 saturated carbocycles. The van der Waals surface area contributed by atoms with E-state index in [4.69, 9.17) is 12.2 Å². The number of thioether (sulfide) groups is 1. The molecule has 0 radical (unpaired) electrons. The van der Waals surface area contributed by atoms with Crippen LogP contribution in [0.15, 0.2) is 29.2 Å². The minimum Gasteiger partial charge on any atom is -0.480 e. The Morgan fingerprint density at radius 2 is 1.83 bits per heavy atom. The Balaban J connectivity index is 1.92. The summed E-state index contributed by atoms with van der Waals surface area (Å²) in [6.07, 6.45) is 5.42. The first kappa shape index (κ1) is 21.5. The summed E-state index contributed by atoms with van der Waals surface area (Å²) in [4.78, 5) is 40.6. The monoisotopic (exact) mass is 432 g/mol. The smallest absolute Gasteiger partial charge is 0.326 e. The fraction of sp³-hybridized carbons (Fsp3) is 0.429. The number of thiocarbonyl (C=S) groups is 1. The lowest BCUT2D eigenvalue weighted by atomic mass is 10.1. The van der Waals surface area contributed by atoms with Gasteiger partial charge in [0.25, 0.3) is 11.8 Å². The van der Waals surface area contributed by atoms with Crippen LogP contribution in [0.25, 0.3) is 5.57 Å². The second-order valence-corrected chi connectivity index (χ2v) is 8.79. The lowest BCUT2D eigenvalue weighted by molar-refractivity contribution is -0.144. The highest BCUT2D eigenvalue weighted by Gasteiger charge is 2.44. The number of hydrogen-bond acceptors (Lipinski definition) is 5. The Hall–Kier alpha value is -2.19. The largest absolute Gasteiger partial charge is 0.480 e. The molecule has 2 aliphatic heterocycles. The summed E-state index contributed by atoms with van der Waals surface area (Å²) in [5.74, 6) is -1.87. The average Bonchev–Trinajstić information content (AvgIpc) is 3.13. The van der Waals surface area contributed by atoms with Gasteiger partial charge in [-0.3, -0.25) is 14.5 Å². The van der Waals surface area contributed by atoms with Crippen molar-refractivity contribution in [2.75, 3.05) is 11.4 Å². The molecule has 1 fully saturated rings. The molecule has 1 saturated heterocycles. The first-order valence-electron chi connectivity index (χ1n) is 9.82. The standard InChI is InChI=1S/C21H24N2O4S2/c1-3-4-5-6-9-12-22-15-11-8-7-10-14(15)16(18(22)24)17-19(25)23(21(28)29-17)13(2)20(26)27/h7-8,10-11,13H,3-6,9,12H2,1-2H3,(H,26,27)/b17-16-. The topological polar surface area (TPSA) is 77.9 Å². The predicted molar refractivity (Wildman–Crippen MR) is 119 cm³/mol. The second-order valence-electron chi connectivity index (χ2n) is 7.15. The number of nitrogens with zero attached hydrogens (tertiary/aromatic N) is 2. The highest BCUT2D eigenvalue weighted by Crippen LogP contribution is 2.45. The van der Waals surface area contributed by atoms with Gasteiger partial charge in [-0.2, -0.15) is 0 Å². The van der Waals surface area contributed by atoms with E-state index in [0.717, 1.165) is 48.0 Å². The number of benzene rings is 1. The van der Waals surface area contributed by atoms with Gasteiger partial charge in [0, 0.05) is 12.1 Å². The molecule has 2 aliphatic rings. The maximum atomic E-state index is 13.3. The van der Waals surface area contributed by atoms with Gasteiger partial charge >= 0.3 is 5.97 Å².